The molecule has 1 N–H and O–H groups in total. The van der Waals surface area contributed by atoms with Crippen LogP contribution >= 0.6 is 0 Å². The van der Waals surface area contributed by atoms with Crippen molar-refractivity contribution in [1.82, 2.24) is 14.9 Å². The predicted octanol–water partition coefficient (Wildman–Crippen LogP) is 1.56. The van der Waals surface area contributed by atoms with E-state index in [9.17, 15) is 9.59 Å². The van der Waals surface area contributed by atoms with E-state index in [1.807, 2.05) is 6.92 Å². The van der Waals surface area contributed by atoms with Gasteiger partial charge in [0.05, 0.1) is 23.1 Å². The van der Waals surface area contributed by atoms with Crippen LogP contribution in [0.1, 0.15) is 32.1 Å². The number of nitrogens with zero attached hydrogens (tertiary/aromatic N) is 2. The van der Waals surface area contributed by atoms with Gasteiger partial charge in [0.2, 0.25) is 0 Å². The maximum atomic E-state index is 12.1. The van der Waals surface area contributed by atoms with Gasteiger partial charge in [-0.3, -0.25) is 14.5 Å². The molecule has 1 aromatic carbocycles. The zero-order valence-electron chi connectivity index (χ0n) is 10.5. The number of hydrogen-bond acceptors (Lipinski definition) is 3. The van der Waals surface area contributed by atoms with Gasteiger partial charge in [-0.25, -0.2) is 4.98 Å². The molecular weight excluding hydrogens is 242 g/mol. The zero-order valence-corrected chi connectivity index (χ0v) is 10.5. The summed E-state index contributed by atoms with van der Waals surface area (Å²) in [6, 6.07) is 6.92. The molecule has 0 unspecified atom stereocenters. The highest BCUT2D eigenvalue weighted by molar-refractivity contribution is 6.21. The van der Waals surface area contributed by atoms with E-state index in [2.05, 4.69) is 9.97 Å². The Kier molecular flexibility index (Phi) is 2.67. The number of aromatic amines is 1. The van der Waals surface area contributed by atoms with Crippen LogP contribution in [0.5, 0.6) is 0 Å². The summed E-state index contributed by atoms with van der Waals surface area (Å²) >= 11 is 0. The minimum absolute atomic E-state index is 0.210. The molecule has 3 rings (SSSR count). The van der Waals surface area contributed by atoms with Gasteiger partial charge < -0.3 is 4.98 Å². The fourth-order valence-electron chi connectivity index (χ4n) is 2.31. The molecular formula is C14H13N3O2. The van der Waals surface area contributed by atoms with Crippen LogP contribution in [0.4, 0.5) is 0 Å². The molecule has 2 heterocycles. The van der Waals surface area contributed by atoms with Crippen molar-refractivity contribution >= 4 is 11.8 Å². The first-order valence-corrected chi connectivity index (χ1v) is 6.12. The second kappa shape index (κ2) is 4.35. The highest BCUT2D eigenvalue weighted by Crippen LogP contribution is 2.22. The maximum absolute atomic E-state index is 12.1. The van der Waals surface area contributed by atoms with Gasteiger partial charge in [-0.05, 0) is 19.1 Å². The average Bonchev–Trinajstić information content (AvgIpc) is 2.93. The second-order valence-electron chi connectivity index (χ2n) is 4.52. The summed E-state index contributed by atoms with van der Waals surface area (Å²) in [7, 11) is 0. The van der Waals surface area contributed by atoms with Crippen LogP contribution in [0.25, 0.3) is 0 Å². The van der Waals surface area contributed by atoms with E-state index in [-0.39, 0.29) is 11.8 Å². The Morgan fingerprint density at radius 2 is 1.79 bits per heavy atom. The summed E-state index contributed by atoms with van der Waals surface area (Å²) in [6.45, 7) is 2.27. The number of imidazole rings is 1. The molecule has 0 spiro atoms. The number of carbonyl (C=O) groups excluding carboxylic acids is 2. The number of hydrogen-bond donors (Lipinski definition) is 1. The summed E-state index contributed by atoms with van der Waals surface area (Å²) in [5, 5.41) is 0. The first kappa shape index (κ1) is 11.6. The fraction of sp³-hybridized carbons (Fsp3) is 0.214. The normalized spacial score (nSPS) is 14.1. The molecule has 1 aromatic heterocycles. The average molecular weight is 255 g/mol. The Morgan fingerprint density at radius 1 is 1.16 bits per heavy atom. The number of imide groups is 1. The summed E-state index contributed by atoms with van der Waals surface area (Å²) in [5.74, 6) is -0.421. The van der Waals surface area contributed by atoms with Crippen molar-refractivity contribution in [3.05, 3.63) is 53.1 Å². The fourth-order valence-corrected chi connectivity index (χ4v) is 2.31. The van der Waals surface area contributed by atoms with Crippen molar-refractivity contribution < 1.29 is 9.59 Å². The lowest BCUT2D eigenvalue weighted by atomic mass is 10.1. The Labute approximate surface area is 110 Å². The largest absolute Gasteiger partial charge is 0.348 e. The SMILES string of the molecule is Cc1nc[nH]c1CCN1C(=O)c2ccccc2C1=O. The van der Waals surface area contributed by atoms with Crippen molar-refractivity contribution in [2.45, 2.75) is 13.3 Å². The lowest BCUT2D eigenvalue weighted by Crippen LogP contribution is -2.31. The molecule has 96 valence electrons. The molecule has 0 aliphatic carbocycles. The van der Waals surface area contributed by atoms with Gasteiger partial charge >= 0.3 is 0 Å². The van der Waals surface area contributed by atoms with Crippen LogP contribution in [-0.4, -0.2) is 33.2 Å². The molecule has 5 nitrogen and oxygen atoms in total. The van der Waals surface area contributed by atoms with E-state index in [1.165, 1.54) is 4.90 Å². The molecule has 2 aromatic rings. The minimum Gasteiger partial charge on any atom is -0.348 e. The summed E-state index contributed by atoms with van der Waals surface area (Å²) in [4.78, 5) is 32.7. The number of rotatable bonds is 3. The molecule has 0 bridgehead atoms. The Bertz CT molecular complexity index is 625. The van der Waals surface area contributed by atoms with Crippen molar-refractivity contribution in [3.63, 3.8) is 0 Å². The number of fused-ring (bicyclic) bond motifs is 1. The molecule has 0 radical (unpaired) electrons. The number of carbonyl (C=O) groups is 2. The van der Waals surface area contributed by atoms with Crippen LogP contribution in [-0.2, 0) is 6.42 Å². The van der Waals surface area contributed by atoms with Crippen molar-refractivity contribution in [2.75, 3.05) is 6.54 Å². The Morgan fingerprint density at radius 3 is 2.32 bits per heavy atom. The lowest BCUT2D eigenvalue weighted by Gasteiger charge is -2.13. The van der Waals surface area contributed by atoms with Crippen LogP contribution < -0.4 is 0 Å². The van der Waals surface area contributed by atoms with Gasteiger partial charge in [-0.2, -0.15) is 0 Å². The van der Waals surface area contributed by atoms with Crippen molar-refractivity contribution in [1.29, 1.82) is 0 Å². The van der Waals surface area contributed by atoms with E-state index < -0.39 is 0 Å². The molecule has 0 atom stereocenters. The molecule has 5 heteroatoms. The summed E-state index contributed by atoms with van der Waals surface area (Å²) in [5.41, 5.74) is 2.84. The first-order chi connectivity index (χ1) is 9.18. The lowest BCUT2D eigenvalue weighted by molar-refractivity contribution is 0.0656. The highest BCUT2D eigenvalue weighted by atomic mass is 16.2. The van der Waals surface area contributed by atoms with Gasteiger partial charge in [-0.15, -0.1) is 0 Å². The predicted molar refractivity (Wildman–Crippen MR) is 68.8 cm³/mol. The number of aromatic nitrogens is 2. The quantitative estimate of drug-likeness (QED) is 0.846. The van der Waals surface area contributed by atoms with E-state index in [0.29, 0.717) is 24.1 Å². The van der Waals surface area contributed by atoms with E-state index in [1.54, 1.807) is 30.6 Å². The second-order valence-corrected chi connectivity index (χ2v) is 4.52. The number of benzene rings is 1. The first-order valence-electron chi connectivity index (χ1n) is 6.12. The monoisotopic (exact) mass is 255 g/mol. The third kappa shape index (κ3) is 1.83. The van der Waals surface area contributed by atoms with Crippen LogP contribution in [0.15, 0.2) is 30.6 Å². The smallest absolute Gasteiger partial charge is 0.261 e. The van der Waals surface area contributed by atoms with Crippen LogP contribution in [0, 0.1) is 6.92 Å². The van der Waals surface area contributed by atoms with E-state index in [0.717, 1.165) is 11.4 Å². The Hall–Kier alpha value is -2.43. The summed E-state index contributed by atoms with van der Waals surface area (Å²) in [6.07, 6.45) is 2.21. The molecule has 0 fully saturated rings. The van der Waals surface area contributed by atoms with Gasteiger partial charge in [0, 0.05) is 18.7 Å². The molecule has 2 amide bonds. The molecule has 0 saturated carbocycles. The topological polar surface area (TPSA) is 66.1 Å². The number of nitrogens with one attached hydrogen (secondary N) is 1. The summed E-state index contributed by atoms with van der Waals surface area (Å²) < 4.78 is 0. The van der Waals surface area contributed by atoms with Crippen LogP contribution in [0.3, 0.4) is 0 Å². The maximum Gasteiger partial charge on any atom is 0.261 e. The highest BCUT2D eigenvalue weighted by Gasteiger charge is 2.34. The third-order valence-electron chi connectivity index (χ3n) is 3.40. The van der Waals surface area contributed by atoms with Gasteiger partial charge in [-0.1, -0.05) is 12.1 Å². The zero-order chi connectivity index (χ0) is 13.4. The molecule has 1 aliphatic rings. The number of H-pyrrole nitrogens is 1. The number of aryl methyl sites for hydroxylation is 1. The number of amides is 2. The van der Waals surface area contributed by atoms with E-state index in [4.69, 9.17) is 0 Å². The van der Waals surface area contributed by atoms with Gasteiger partial charge in [0.1, 0.15) is 0 Å². The van der Waals surface area contributed by atoms with Gasteiger partial charge in [0.25, 0.3) is 11.8 Å². The molecule has 1 aliphatic heterocycles. The molecule has 0 saturated heterocycles. The van der Waals surface area contributed by atoms with E-state index >= 15 is 0 Å². The third-order valence-corrected chi connectivity index (χ3v) is 3.40. The minimum atomic E-state index is -0.210. The van der Waals surface area contributed by atoms with Crippen molar-refractivity contribution in [3.8, 4) is 0 Å². The standard InChI is InChI=1S/C14H13N3O2/c1-9-12(16-8-15-9)6-7-17-13(18)10-4-2-3-5-11(10)14(17)19/h2-5,8H,6-7H2,1H3,(H,15,16). The van der Waals surface area contributed by atoms with Gasteiger partial charge in [0.15, 0.2) is 0 Å². The molecule has 19 heavy (non-hydrogen) atoms. The van der Waals surface area contributed by atoms with Crippen molar-refractivity contribution in [2.24, 2.45) is 0 Å². The Balaban J connectivity index is 1.79. The van der Waals surface area contributed by atoms with Crippen LogP contribution in [0.2, 0.25) is 0 Å².